The molecular weight excluding hydrogens is 139 g/mol. The second-order valence-electron chi connectivity index (χ2n) is 1.28. The van der Waals surface area contributed by atoms with Crippen LogP contribution in [-0.4, -0.2) is 27.2 Å². The van der Waals surface area contributed by atoms with Crippen molar-refractivity contribution in [1.82, 2.24) is 0 Å². The second-order valence-corrected chi connectivity index (χ2v) is 1.71. The van der Waals surface area contributed by atoms with Gasteiger partial charge in [-0.05, 0) is 0 Å². The number of carbonyl (C=O) groups is 2. The molecule has 5 heteroatoms. The van der Waals surface area contributed by atoms with E-state index in [9.17, 15) is 13.4 Å². The van der Waals surface area contributed by atoms with Crippen molar-refractivity contribution in [2.24, 2.45) is 0 Å². The number of hydrogen-bond acceptors (Lipinski definition) is 4. The van der Waals surface area contributed by atoms with Gasteiger partial charge in [0, 0.05) is 0 Å². The van der Waals surface area contributed by atoms with Crippen molar-refractivity contribution in [2.45, 2.75) is 13.3 Å². The Hall–Kier alpha value is -0.528. The monoisotopic (exact) mass is 144 g/mol. The molecule has 9 heavy (non-hydrogen) atoms. The molecule has 0 aliphatic rings. The summed E-state index contributed by atoms with van der Waals surface area (Å²) in [5, 5.41) is 0. The van der Waals surface area contributed by atoms with E-state index >= 15 is 0 Å². The summed E-state index contributed by atoms with van der Waals surface area (Å²) in [4.78, 5) is 20.5. The van der Waals surface area contributed by atoms with Gasteiger partial charge in [-0.3, -0.25) is 0 Å². The molecule has 0 bridgehead atoms. The molecule has 0 aromatic carbocycles. The first kappa shape index (κ1) is 8.47. The fourth-order valence-corrected chi connectivity index (χ4v) is 0.473. The molecule has 0 aromatic rings. The minimum absolute atomic E-state index is 0.0955. The molecule has 0 N–H and O–H groups in total. The maximum atomic E-state index is 10.3. The van der Waals surface area contributed by atoms with E-state index in [0.29, 0.717) is 0 Å². The Morgan fingerprint density at radius 1 is 1.56 bits per heavy atom. The fourth-order valence-electron chi connectivity index (χ4n) is 0.254. The topological polar surface area (TPSA) is 60.4 Å². The van der Waals surface area contributed by atoms with E-state index in [1.807, 2.05) is 0 Å². The van der Waals surface area contributed by atoms with E-state index in [4.69, 9.17) is 0 Å². The number of Topliss-reactive ketones (excluding diaryl/α,β-unsaturated/α-hetero) is 1. The third-order valence-electron chi connectivity index (χ3n) is 0.704. The van der Waals surface area contributed by atoms with Gasteiger partial charge in [-0.15, -0.1) is 0 Å². The molecule has 0 radical (unpaired) electrons. The van der Waals surface area contributed by atoms with E-state index < -0.39 is 27.2 Å². The molecule has 0 heterocycles. The van der Waals surface area contributed by atoms with Gasteiger partial charge in [0.25, 0.3) is 0 Å². The molecule has 0 rings (SSSR count). The minimum atomic E-state index is -1.60. The summed E-state index contributed by atoms with van der Waals surface area (Å²) in [6, 6.07) is 0. The Bertz CT molecular complexity index is 142. The molecule has 0 spiro atoms. The number of carbonyl (C=O) groups excluding carboxylic acids is 2. The SMILES string of the molecule is CCC(=O)C(=O)[O][Al]=[O]. The number of rotatable bonds is 3. The second kappa shape index (κ2) is 4.36. The van der Waals surface area contributed by atoms with Crippen LogP contribution in [0.5, 0.6) is 0 Å². The molecule has 0 unspecified atom stereocenters. The van der Waals surface area contributed by atoms with Crippen LogP contribution in [0.3, 0.4) is 0 Å². The van der Waals surface area contributed by atoms with E-state index in [1.165, 1.54) is 6.92 Å². The summed E-state index contributed by atoms with van der Waals surface area (Å²) in [5.74, 6) is -1.64. The molecule has 0 atom stereocenters. The summed E-state index contributed by atoms with van der Waals surface area (Å²) in [6.45, 7) is 1.53. The Balaban J connectivity index is 3.73. The number of hydrogen-bond donors (Lipinski definition) is 0. The Kier molecular flexibility index (Phi) is 4.11. The molecular formula is C4H5AlO4. The third-order valence-corrected chi connectivity index (χ3v) is 1.01. The van der Waals surface area contributed by atoms with Crippen LogP contribution in [0.2, 0.25) is 0 Å². The molecule has 0 saturated carbocycles. The molecule has 0 saturated heterocycles. The predicted octanol–water partition coefficient (Wildman–Crippen LogP) is -0.527. The Morgan fingerprint density at radius 2 is 2.11 bits per heavy atom. The van der Waals surface area contributed by atoms with Crippen molar-refractivity contribution >= 4 is 27.2 Å². The molecule has 0 aliphatic carbocycles. The van der Waals surface area contributed by atoms with Gasteiger partial charge in [0.05, 0.1) is 0 Å². The van der Waals surface area contributed by atoms with E-state index in [0.717, 1.165) is 0 Å². The summed E-state index contributed by atoms with van der Waals surface area (Å²) >= 11 is -1.60. The van der Waals surface area contributed by atoms with Crippen LogP contribution in [0.15, 0.2) is 0 Å². The van der Waals surface area contributed by atoms with E-state index in [-0.39, 0.29) is 6.42 Å². The van der Waals surface area contributed by atoms with Gasteiger partial charge in [-0.25, -0.2) is 0 Å². The average Bonchev–Trinajstić information content (AvgIpc) is 1.87. The fraction of sp³-hybridized carbons (Fsp3) is 0.500. The van der Waals surface area contributed by atoms with Gasteiger partial charge < -0.3 is 0 Å². The maximum absolute atomic E-state index is 10.3. The van der Waals surface area contributed by atoms with E-state index in [2.05, 4.69) is 3.79 Å². The van der Waals surface area contributed by atoms with Gasteiger partial charge in [0.1, 0.15) is 0 Å². The van der Waals surface area contributed by atoms with Gasteiger partial charge in [-0.2, -0.15) is 0 Å². The normalized spacial score (nSPS) is 7.67. The van der Waals surface area contributed by atoms with Crippen molar-refractivity contribution in [2.75, 3.05) is 0 Å². The van der Waals surface area contributed by atoms with Crippen LogP contribution in [-0.2, 0) is 17.2 Å². The molecule has 0 fully saturated rings. The molecule has 0 aromatic heterocycles. The molecule has 4 nitrogen and oxygen atoms in total. The summed E-state index contributed by atoms with van der Waals surface area (Å²) in [7, 11) is 0. The summed E-state index contributed by atoms with van der Waals surface area (Å²) in [6.07, 6.45) is 0.0955. The predicted molar refractivity (Wildman–Crippen MR) is 27.8 cm³/mol. The van der Waals surface area contributed by atoms with Crippen LogP contribution in [0.4, 0.5) is 0 Å². The summed E-state index contributed by atoms with van der Waals surface area (Å²) < 4.78 is 13.6. The van der Waals surface area contributed by atoms with Crippen molar-refractivity contribution in [3.8, 4) is 0 Å². The van der Waals surface area contributed by atoms with Gasteiger partial charge in [0.15, 0.2) is 0 Å². The van der Waals surface area contributed by atoms with Crippen LogP contribution < -0.4 is 0 Å². The van der Waals surface area contributed by atoms with Gasteiger partial charge in [-0.1, -0.05) is 0 Å². The molecule has 0 amide bonds. The van der Waals surface area contributed by atoms with Crippen molar-refractivity contribution in [3.63, 3.8) is 0 Å². The van der Waals surface area contributed by atoms with Crippen LogP contribution in [0.25, 0.3) is 0 Å². The van der Waals surface area contributed by atoms with Crippen LogP contribution >= 0.6 is 0 Å². The zero-order chi connectivity index (χ0) is 7.28. The number of ketones is 1. The molecule has 48 valence electrons. The Morgan fingerprint density at radius 3 is 2.44 bits per heavy atom. The van der Waals surface area contributed by atoms with Crippen molar-refractivity contribution < 1.29 is 17.2 Å². The molecule has 0 aliphatic heterocycles. The first-order chi connectivity index (χ1) is 4.22. The zero-order valence-corrected chi connectivity index (χ0v) is 6.07. The third kappa shape index (κ3) is 3.12. The first-order valence-electron chi connectivity index (χ1n) is 2.39. The zero-order valence-electron chi connectivity index (χ0n) is 4.92. The average molecular weight is 144 g/mol. The standard InChI is InChI=1S/C4H6O3.Al.O/c1-2-3(5)4(6)7;;/h2H2,1H3,(H,6,7);;/q;+1;/p-1. The van der Waals surface area contributed by atoms with Crippen molar-refractivity contribution in [3.05, 3.63) is 0 Å². The van der Waals surface area contributed by atoms with Gasteiger partial charge in [0.2, 0.25) is 0 Å². The summed E-state index contributed by atoms with van der Waals surface area (Å²) in [5.41, 5.74) is 0. The first-order valence-corrected chi connectivity index (χ1v) is 3.34. The quantitative estimate of drug-likeness (QED) is 0.394. The van der Waals surface area contributed by atoms with Crippen LogP contribution in [0, 0.1) is 0 Å². The Labute approximate surface area is 58.4 Å². The van der Waals surface area contributed by atoms with Crippen molar-refractivity contribution in [1.29, 1.82) is 0 Å². The van der Waals surface area contributed by atoms with E-state index in [1.54, 1.807) is 0 Å². The van der Waals surface area contributed by atoms with Crippen LogP contribution in [0.1, 0.15) is 13.3 Å². The van der Waals surface area contributed by atoms with Gasteiger partial charge >= 0.3 is 57.8 Å².